The predicted molar refractivity (Wildman–Crippen MR) is 108 cm³/mol. The maximum Gasteiger partial charge on any atom is 0.269 e. The van der Waals surface area contributed by atoms with Crippen molar-refractivity contribution in [3.63, 3.8) is 0 Å². The number of nitro groups is 1. The van der Waals surface area contributed by atoms with Gasteiger partial charge in [-0.15, -0.1) is 11.8 Å². The molecule has 27 heavy (non-hydrogen) atoms. The highest BCUT2D eigenvalue weighted by atomic mass is 32.2. The smallest absolute Gasteiger partial charge is 0.269 e. The molecule has 1 aromatic rings. The summed E-state index contributed by atoms with van der Waals surface area (Å²) in [4.78, 5) is 26.9. The highest BCUT2D eigenvalue weighted by Gasteiger charge is 2.55. The van der Waals surface area contributed by atoms with E-state index in [0.29, 0.717) is 18.7 Å². The molecule has 1 saturated heterocycles. The summed E-state index contributed by atoms with van der Waals surface area (Å²) in [5.74, 6) is 0.635. The molecule has 0 aromatic heterocycles. The summed E-state index contributed by atoms with van der Waals surface area (Å²) in [6.07, 6.45) is -1.08. The summed E-state index contributed by atoms with van der Waals surface area (Å²) >= 11 is 1.46. The van der Waals surface area contributed by atoms with E-state index in [1.54, 1.807) is 12.1 Å². The van der Waals surface area contributed by atoms with Crippen LogP contribution in [-0.4, -0.2) is 61.5 Å². The molecule has 1 aliphatic heterocycles. The minimum absolute atomic E-state index is 0.00154. The highest BCUT2D eigenvalue weighted by molar-refractivity contribution is 8.01. The van der Waals surface area contributed by atoms with E-state index >= 15 is 0 Å². The molecule has 2 atom stereocenters. The molecule has 1 fully saturated rings. The van der Waals surface area contributed by atoms with E-state index in [4.69, 9.17) is 0 Å². The van der Waals surface area contributed by atoms with E-state index in [9.17, 15) is 20.0 Å². The zero-order chi connectivity index (χ0) is 20.4. The Bertz CT molecular complexity index is 672. The van der Waals surface area contributed by atoms with Gasteiger partial charge < -0.3 is 10.0 Å². The predicted octanol–water partition coefficient (Wildman–Crippen LogP) is 3.04. The molecule has 0 aliphatic carbocycles. The number of carbonyl (C=O) groups excluding carboxylic acids is 1. The number of nitro benzene ring substituents is 1. The zero-order valence-electron chi connectivity index (χ0n) is 16.6. The Labute approximate surface area is 164 Å². The van der Waals surface area contributed by atoms with Gasteiger partial charge in [-0.25, -0.2) is 0 Å². The van der Waals surface area contributed by atoms with E-state index < -0.39 is 15.9 Å². The van der Waals surface area contributed by atoms with Crippen molar-refractivity contribution in [2.75, 3.05) is 18.8 Å². The van der Waals surface area contributed by atoms with E-state index in [0.717, 1.165) is 5.75 Å². The van der Waals surface area contributed by atoms with Crippen LogP contribution in [0.3, 0.4) is 0 Å². The Morgan fingerprint density at radius 2 is 1.85 bits per heavy atom. The summed E-state index contributed by atoms with van der Waals surface area (Å²) < 4.78 is 0. The number of amides is 1. The van der Waals surface area contributed by atoms with Gasteiger partial charge in [0.15, 0.2) is 4.87 Å². The fourth-order valence-corrected chi connectivity index (χ4v) is 5.33. The molecule has 1 aromatic carbocycles. The third-order valence-corrected chi connectivity index (χ3v) is 6.46. The number of rotatable bonds is 7. The molecule has 8 heteroatoms. The number of benzene rings is 1. The van der Waals surface area contributed by atoms with Crippen molar-refractivity contribution in [2.45, 2.75) is 57.7 Å². The first kappa shape index (κ1) is 21.7. The summed E-state index contributed by atoms with van der Waals surface area (Å²) in [6.45, 7) is 11.2. The molecule has 0 radical (unpaired) electrons. The topological polar surface area (TPSA) is 86.9 Å². The number of non-ortho nitro benzene ring substituents is 1. The summed E-state index contributed by atoms with van der Waals surface area (Å²) in [5.41, 5.74) is 0.470. The molecule has 1 aliphatic rings. The van der Waals surface area contributed by atoms with E-state index in [1.807, 2.05) is 44.4 Å². The number of thioether (sulfide) groups is 1. The monoisotopic (exact) mass is 395 g/mol. The average Bonchev–Trinajstić information content (AvgIpc) is 3.05. The van der Waals surface area contributed by atoms with Crippen molar-refractivity contribution in [3.8, 4) is 0 Å². The van der Waals surface area contributed by atoms with Crippen LogP contribution in [0.2, 0.25) is 0 Å². The first-order valence-corrected chi connectivity index (χ1v) is 10.3. The fourth-order valence-electron chi connectivity index (χ4n) is 3.78. The van der Waals surface area contributed by atoms with Gasteiger partial charge in [-0.3, -0.25) is 19.8 Å². The first-order chi connectivity index (χ1) is 12.7. The van der Waals surface area contributed by atoms with Gasteiger partial charge in [-0.05, 0) is 51.9 Å². The van der Waals surface area contributed by atoms with Crippen LogP contribution in [0.4, 0.5) is 5.69 Å². The van der Waals surface area contributed by atoms with Crippen LogP contribution in [0.5, 0.6) is 0 Å². The normalized spacial score (nSPS) is 21.6. The Balaban J connectivity index is 2.50. The van der Waals surface area contributed by atoms with E-state index in [1.165, 1.54) is 23.9 Å². The molecular weight excluding hydrogens is 366 g/mol. The summed E-state index contributed by atoms with van der Waals surface area (Å²) in [7, 11) is 0. The summed E-state index contributed by atoms with van der Waals surface area (Å²) in [6, 6.07) is 5.82. The largest absolute Gasteiger partial charge is 0.385 e. The SMILES string of the molecule is CCN1CCSC1(C(=O)N(C(C)C)C(C)C)C(O)c1ccc([N+](=O)[O-])cc1. The lowest BCUT2D eigenvalue weighted by Crippen LogP contribution is -2.61. The maximum absolute atomic E-state index is 13.7. The van der Waals surface area contributed by atoms with E-state index in [2.05, 4.69) is 0 Å². The third kappa shape index (κ3) is 3.97. The lowest BCUT2D eigenvalue weighted by Gasteiger charge is -2.45. The number of aliphatic hydroxyl groups is 1. The molecule has 0 spiro atoms. The average molecular weight is 396 g/mol. The van der Waals surface area contributed by atoms with Gasteiger partial charge in [0.05, 0.1) is 4.92 Å². The van der Waals surface area contributed by atoms with Crippen molar-refractivity contribution in [1.29, 1.82) is 0 Å². The number of likely N-dealkylation sites (N-methyl/N-ethyl adjacent to an activating group) is 1. The Morgan fingerprint density at radius 1 is 1.30 bits per heavy atom. The highest BCUT2D eigenvalue weighted by Crippen LogP contribution is 2.47. The van der Waals surface area contributed by atoms with Crippen LogP contribution in [0.25, 0.3) is 0 Å². The van der Waals surface area contributed by atoms with Gasteiger partial charge in [0.2, 0.25) is 0 Å². The van der Waals surface area contributed by atoms with Crippen molar-refractivity contribution in [1.82, 2.24) is 9.80 Å². The van der Waals surface area contributed by atoms with Gasteiger partial charge in [-0.2, -0.15) is 0 Å². The van der Waals surface area contributed by atoms with Crippen molar-refractivity contribution in [3.05, 3.63) is 39.9 Å². The minimum Gasteiger partial charge on any atom is -0.385 e. The van der Waals surface area contributed by atoms with Crippen LogP contribution in [0, 0.1) is 10.1 Å². The fraction of sp³-hybridized carbons (Fsp3) is 0.632. The van der Waals surface area contributed by atoms with E-state index in [-0.39, 0.29) is 23.7 Å². The third-order valence-electron chi connectivity index (χ3n) is 4.98. The molecule has 2 unspecified atom stereocenters. The van der Waals surface area contributed by atoms with Gasteiger partial charge in [0.1, 0.15) is 6.10 Å². The standard InChI is InChI=1S/C19H29N3O4S/c1-6-20-11-12-27-19(20,18(24)21(13(2)3)14(4)5)17(23)15-7-9-16(10-8-15)22(25)26/h7-10,13-14,17,23H,6,11-12H2,1-5H3. The minimum atomic E-state index is -1.13. The second kappa shape index (κ2) is 8.58. The van der Waals surface area contributed by atoms with Crippen molar-refractivity contribution in [2.24, 2.45) is 0 Å². The van der Waals surface area contributed by atoms with Crippen molar-refractivity contribution >= 4 is 23.4 Å². The summed E-state index contributed by atoms with van der Waals surface area (Å²) in [5, 5.41) is 22.2. The lowest BCUT2D eigenvalue weighted by molar-refractivity contribution is -0.384. The molecule has 1 amide bonds. The van der Waals surface area contributed by atoms with Gasteiger partial charge >= 0.3 is 0 Å². The molecule has 2 rings (SSSR count). The molecule has 1 N–H and O–H groups in total. The quantitative estimate of drug-likeness (QED) is 0.564. The number of hydrogen-bond donors (Lipinski definition) is 1. The first-order valence-electron chi connectivity index (χ1n) is 9.31. The Morgan fingerprint density at radius 3 is 2.30 bits per heavy atom. The lowest BCUT2D eigenvalue weighted by atomic mass is 9.97. The van der Waals surface area contributed by atoms with Crippen LogP contribution in [0.1, 0.15) is 46.3 Å². The molecule has 1 heterocycles. The van der Waals surface area contributed by atoms with Crippen LogP contribution in [0.15, 0.2) is 24.3 Å². The van der Waals surface area contributed by atoms with Gasteiger partial charge in [0.25, 0.3) is 11.6 Å². The van der Waals surface area contributed by atoms with Crippen LogP contribution in [-0.2, 0) is 4.79 Å². The zero-order valence-corrected chi connectivity index (χ0v) is 17.4. The molecule has 0 bridgehead atoms. The van der Waals surface area contributed by atoms with Crippen molar-refractivity contribution < 1.29 is 14.8 Å². The second-order valence-electron chi connectivity index (χ2n) is 7.28. The second-order valence-corrected chi connectivity index (χ2v) is 8.59. The molecular formula is C19H29N3O4S. The Kier molecular flexibility index (Phi) is 6.88. The maximum atomic E-state index is 13.7. The number of nitrogens with zero attached hydrogens (tertiary/aromatic N) is 3. The Hall–Kier alpha value is -1.64. The van der Waals surface area contributed by atoms with Gasteiger partial charge in [-0.1, -0.05) is 6.92 Å². The van der Waals surface area contributed by atoms with Crippen LogP contribution < -0.4 is 0 Å². The number of carbonyl (C=O) groups is 1. The number of hydrogen-bond acceptors (Lipinski definition) is 6. The molecule has 150 valence electrons. The number of aliphatic hydroxyl groups excluding tert-OH is 1. The molecule has 7 nitrogen and oxygen atoms in total. The van der Waals surface area contributed by atoms with Gasteiger partial charge in [0, 0.05) is 36.5 Å². The molecule has 0 saturated carbocycles. The van der Waals surface area contributed by atoms with Crippen LogP contribution >= 0.6 is 11.8 Å².